The molecule has 0 amide bonds. The van der Waals surface area contributed by atoms with E-state index in [9.17, 15) is 18.0 Å². The van der Waals surface area contributed by atoms with Crippen LogP contribution in [0.1, 0.15) is 21.7 Å². The Morgan fingerprint density at radius 3 is 2.67 bits per heavy atom. The largest absolute Gasteiger partial charge is 0.487 e. The van der Waals surface area contributed by atoms with Crippen molar-refractivity contribution < 1.29 is 27.8 Å². The SMILES string of the molecule is O=C(O)c1cnn(-c2nc(COc3ccc(Cl)c(Cl)c3)cs2)c1C(F)(F)F. The van der Waals surface area contributed by atoms with Crippen LogP contribution >= 0.6 is 34.5 Å². The molecule has 0 aliphatic heterocycles. The highest BCUT2D eigenvalue weighted by molar-refractivity contribution is 7.12. The van der Waals surface area contributed by atoms with E-state index >= 15 is 0 Å². The smallest absolute Gasteiger partial charge is 0.434 e. The molecule has 0 fully saturated rings. The molecule has 0 spiro atoms. The number of thiazole rings is 1. The fraction of sp³-hybridized carbons (Fsp3) is 0.133. The molecule has 0 saturated carbocycles. The van der Waals surface area contributed by atoms with Crippen molar-refractivity contribution in [2.75, 3.05) is 0 Å². The van der Waals surface area contributed by atoms with Gasteiger partial charge in [-0.05, 0) is 12.1 Å². The molecule has 2 aromatic heterocycles. The number of benzene rings is 1. The second kappa shape index (κ2) is 7.37. The Morgan fingerprint density at radius 2 is 2.04 bits per heavy atom. The summed E-state index contributed by atoms with van der Waals surface area (Å²) in [7, 11) is 0. The average molecular weight is 438 g/mol. The van der Waals surface area contributed by atoms with E-state index in [1.807, 2.05) is 0 Å². The molecule has 3 aromatic rings. The van der Waals surface area contributed by atoms with Gasteiger partial charge in [0.2, 0.25) is 5.13 Å². The molecule has 0 atom stereocenters. The van der Waals surface area contributed by atoms with E-state index < -0.39 is 23.4 Å². The number of carboxylic acid groups (broad SMARTS) is 1. The number of halogens is 5. The lowest BCUT2D eigenvalue weighted by molar-refractivity contribution is -0.143. The van der Waals surface area contributed by atoms with Gasteiger partial charge >= 0.3 is 12.1 Å². The van der Waals surface area contributed by atoms with E-state index in [0.717, 1.165) is 11.3 Å². The zero-order valence-corrected chi connectivity index (χ0v) is 15.3. The summed E-state index contributed by atoms with van der Waals surface area (Å²) in [6.07, 6.45) is -4.27. The Bertz CT molecular complexity index is 1000. The van der Waals surface area contributed by atoms with Crippen LogP contribution in [0.3, 0.4) is 0 Å². The number of aromatic carboxylic acids is 1. The number of nitrogens with zero attached hydrogens (tertiary/aromatic N) is 3. The van der Waals surface area contributed by atoms with Crippen LogP contribution in [0.15, 0.2) is 29.8 Å². The summed E-state index contributed by atoms with van der Waals surface area (Å²) in [6, 6.07) is 4.61. The van der Waals surface area contributed by atoms with Crippen molar-refractivity contribution in [2.24, 2.45) is 0 Å². The van der Waals surface area contributed by atoms with Crippen molar-refractivity contribution >= 4 is 40.5 Å². The number of ether oxygens (including phenoxy) is 1. The van der Waals surface area contributed by atoms with Crippen LogP contribution in [0.2, 0.25) is 10.0 Å². The van der Waals surface area contributed by atoms with Gasteiger partial charge in [0.15, 0.2) is 5.69 Å². The quantitative estimate of drug-likeness (QED) is 0.611. The normalized spacial score (nSPS) is 11.6. The number of rotatable bonds is 5. The number of hydrogen-bond acceptors (Lipinski definition) is 5. The number of hydrogen-bond donors (Lipinski definition) is 1. The van der Waals surface area contributed by atoms with Crippen molar-refractivity contribution in [3.05, 3.63) is 56.8 Å². The van der Waals surface area contributed by atoms with E-state index in [0.29, 0.717) is 32.4 Å². The lowest BCUT2D eigenvalue weighted by Gasteiger charge is -2.09. The molecule has 12 heteroatoms. The molecular weight excluding hydrogens is 430 g/mol. The van der Waals surface area contributed by atoms with Crippen LogP contribution in [-0.2, 0) is 12.8 Å². The number of carboxylic acids is 1. The van der Waals surface area contributed by atoms with Gasteiger partial charge in [0.05, 0.1) is 21.9 Å². The predicted molar refractivity (Wildman–Crippen MR) is 92.0 cm³/mol. The van der Waals surface area contributed by atoms with Gasteiger partial charge in [-0.25, -0.2) is 14.5 Å². The second-order valence-electron chi connectivity index (χ2n) is 5.11. The predicted octanol–water partition coefficient (Wildman–Crippen LogP) is 4.93. The molecule has 0 radical (unpaired) electrons. The van der Waals surface area contributed by atoms with Crippen LogP contribution in [0, 0.1) is 0 Å². The van der Waals surface area contributed by atoms with Crippen LogP contribution in [0.25, 0.3) is 5.13 Å². The molecule has 27 heavy (non-hydrogen) atoms. The standard InChI is InChI=1S/C15H8Cl2F3N3O3S/c16-10-2-1-8(3-11(10)17)26-5-7-6-27-14(22-7)23-12(15(18,19)20)9(4-21-23)13(24)25/h1-4,6H,5H2,(H,24,25). The van der Waals surface area contributed by atoms with Gasteiger partial charge in [0.1, 0.15) is 17.9 Å². The van der Waals surface area contributed by atoms with E-state index in [1.165, 1.54) is 11.4 Å². The molecule has 0 saturated heterocycles. The molecular formula is C15H8Cl2F3N3O3S. The van der Waals surface area contributed by atoms with Crippen molar-refractivity contribution in [3.8, 4) is 10.9 Å². The average Bonchev–Trinajstić information content (AvgIpc) is 3.21. The molecule has 0 unspecified atom stereocenters. The Balaban J connectivity index is 1.84. The summed E-state index contributed by atoms with van der Waals surface area (Å²) < 4.78 is 45.6. The maximum absolute atomic E-state index is 13.2. The van der Waals surface area contributed by atoms with Crippen LogP contribution < -0.4 is 4.74 Å². The fourth-order valence-electron chi connectivity index (χ4n) is 2.11. The maximum Gasteiger partial charge on any atom is 0.434 e. The number of aromatic nitrogens is 3. The summed E-state index contributed by atoms with van der Waals surface area (Å²) in [4.78, 5) is 15.0. The fourth-order valence-corrected chi connectivity index (χ4v) is 3.17. The molecule has 0 aliphatic carbocycles. The van der Waals surface area contributed by atoms with Gasteiger partial charge in [0, 0.05) is 11.4 Å². The van der Waals surface area contributed by atoms with Gasteiger partial charge in [-0.3, -0.25) is 0 Å². The van der Waals surface area contributed by atoms with Gasteiger partial charge in [-0.1, -0.05) is 23.2 Å². The van der Waals surface area contributed by atoms with Crippen LogP contribution in [-0.4, -0.2) is 25.8 Å². The van der Waals surface area contributed by atoms with Crippen LogP contribution in [0.4, 0.5) is 13.2 Å². The Hall–Kier alpha value is -2.30. The molecule has 3 rings (SSSR count). The first-order valence-electron chi connectivity index (χ1n) is 7.08. The highest BCUT2D eigenvalue weighted by atomic mass is 35.5. The van der Waals surface area contributed by atoms with Crippen molar-refractivity contribution in [3.63, 3.8) is 0 Å². The van der Waals surface area contributed by atoms with Crippen molar-refractivity contribution in [1.29, 1.82) is 0 Å². The first kappa shape index (κ1) is 19.5. The minimum absolute atomic E-state index is 0.0388. The van der Waals surface area contributed by atoms with Gasteiger partial charge in [-0.2, -0.15) is 18.3 Å². The molecule has 1 N–H and O–H groups in total. The number of carbonyl (C=O) groups is 1. The van der Waals surface area contributed by atoms with E-state index in [4.69, 9.17) is 33.0 Å². The molecule has 142 valence electrons. The second-order valence-corrected chi connectivity index (χ2v) is 6.76. The molecule has 2 heterocycles. The van der Waals surface area contributed by atoms with Gasteiger partial charge in [-0.15, -0.1) is 11.3 Å². The topological polar surface area (TPSA) is 77.2 Å². The monoisotopic (exact) mass is 437 g/mol. The summed E-state index contributed by atoms with van der Waals surface area (Å²) in [5, 5.41) is 14.4. The summed E-state index contributed by atoms with van der Waals surface area (Å²) in [5.41, 5.74) is -2.02. The third kappa shape index (κ3) is 4.18. The molecule has 0 bridgehead atoms. The van der Waals surface area contributed by atoms with Gasteiger partial charge in [0.25, 0.3) is 0 Å². The number of alkyl halides is 3. The molecule has 1 aromatic carbocycles. The minimum Gasteiger partial charge on any atom is -0.487 e. The van der Waals surface area contributed by atoms with E-state index in [-0.39, 0.29) is 11.7 Å². The third-order valence-corrected chi connectivity index (χ3v) is 4.87. The highest BCUT2D eigenvalue weighted by Gasteiger charge is 2.41. The summed E-state index contributed by atoms with van der Waals surface area (Å²) in [5.74, 6) is -1.32. The first-order chi connectivity index (χ1) is 12.7. The lowest BCUT2D eigenvalue weighted by atomic mass is 10.2. The lowest BCUT2D eigenvalue weighted by Crippen LogP contribution is -2.17. The third-order valence-electron chi connectivity index (χ3n) is 3.27. The first-order valence-corrected chi connectivity index (χ1v) is 8.71. The van der Waals surface area contributed by atoms with E-state index in [2.05, 4.69) is 10.1 Å². The zero-order chi connectivity index (χ0) is 19.8. The van der Waals surface area contributed by atoms with Gasteiger partial charge < -0.3 is 9.84 Å². The van der Waals surface area contributed by atoms with Crippen molar-refractivity contribution in [2.45, 2.75) is 12.8 Å². The van der Waals surface area contributed by atoms with E-state index in [1.54, 1.807) is 12.1 Å². The summed E-state index contributed by atoms with van der Waals surface area (Å²) >= 11 is 12.5. The molecule has 6 nitrogen and oxygen atoms in total. The Morgan fingerprint density at radius 1 is 1.30 bits per heavy atom. The highest BCUT2D eigenvalue weighted by Crippen LogP contribution is 2.34. The maximum atomic E-state index is 13.2. The zero-order valence-electron chi connectivity index (χ0n) is 13.0. The minimum atomic E-state index is -4.91. The Labute approximate surface area is 163 Å². The summed E-state index contributed by atoms with van der Waals surface area (Å²) in [6.45, 7) is -0.0388. The Kier molecular flexibility index (Phi) is 5.31. The molecule has 0 aliphatic rings. The van der Waals surface area contributed by atoms with Crippen LogP contribution in [0.5, 0.6) is 5.75 Å². The van der Waals surface area contributed by atoms with Crippen molar-refractivity contribution in [1.82, 2.24) is 14.8 Å².